The molecule has 1 N–H and O–H groups in total. The Morgan fingerprint density at radius 2 is 2.24 bits per heavy atom. The number of thiophene rings is 1. The Morgan fingerprint density at radius 1 is 1.40 bits per heavy atom. The minimum Gasteiger partial charge on any atom is -0.337 e. The van der Waals surface area contributed by atoms with Crippen LogP contribution in [0.5, 0.6) is 0 Å². The predicted octanol–water partition coefficient (Wildman–Crippen LogP) is 2.41. The van der Waals surface area contributed by atoms with Gasteiger partial charge in [-0.1, -0.05) is 6.07 Å². The normalized spacial score (nSPS) is 20.0. The molecule has 1 saturated heterocycles. The number of likely N-dealkylation sites (tertiary alicyclic amines) is 1. The highest BCUT2D eigenvalue weighted by atomic mass is 32.1. The third-order valence-corrected chi connectivity index (χ3v) is 6.37. The fourth-order valence-electron chi connectivity index (χ4n) is 4.06. The Kier molecular flexibility index (Phi) is 4.90. The molecule has 2 aliphatic rings. The largest absolute Gasteiger partial charge is 0.337 e. The standard InChI is InChI=1S/C19H26N4OS/c1-22-17-7-6-14(20-9-8-15-5-4-12-25-15)13-16(17)18(21-22)19(24)23-10-2-3-11-23/h4-5,12,14,20H,2-3,6-11,13H2,1H3. The van der Waals surface area contributed by atoms with Crippen molar-refractivity contribution in [2.24, 2.45) is 7.05 Å². The molecule has 1 atom stereocenters. The SMILES string of the molecule is Cn1nc(C(=O)N2CCCC2)c2c1CCC(NCCc1cccs1)C2. The summed E-state index contributed by atoms with van der Waals surface area (Å²) in [6.45, 7) is 2.76. The van der Waals surface area contributed by atoms with Gasteiger partial charge in [0.05, 0.1) is 0 Å². The van der Waals surface area contributed by atoms with Crippen LogP contribution < -0.4 is 5.32 Å². The van der Waals surface area contributed by atoms with Gasteiger partial charge >= 0.3 is 0 Å². The van der Waals surface area contributed by atoms with Gasteiger partial charge in [-0.3, -0.25) is 9.48 Å². The van der Waals surface area contributed by atoms with Crippen molar-refractivity contribution in [2.45, 2.75) is 44.6 Å². The summed E-state index contributed by atoms with van der Waals surface area (Å²) < 4.78 is 1.93. The zero-order chi connectivity index (χ0) is 17.2. The van der Waals surface area contributed by atoms with Crippen molar-refractivity contribution in [2.75, 3.05) is 19.6 Å². The van der Waals surface area contributed by atoms with Crippen molar-refractivity contribution >= 4 is 17.2 Å². The van der Waals surface area contributed by atoms with Gasteiger partial charge in [0.15, 0.2) is 5.69 Å². The topological polar surface area (TPSA) is 50.2 Å². The van der Waals surface area contributed by atoms with Crippen molar-refractivity contribution < 1.29 is 4.79 Å². The zero-order valence-electron chi connectivity index (χ0n) is 14.8. The Balaban J connectivity index is 1.43. The lowest BCUT2D eigenvalue weighted by atomic mass is 9.91. The van der Waals surface area contributed by atoms with Crippen molar-refractivity contribution in [1.29, 1.82) is 0 Å². The van der Waals surface area contributed by atoms with Crippen LogP contribution in [0.25, 0.3) is 0 Å². The van der Waals surface area contributed by atoms with E-state index < -0.39 is 0 Å². The molecule has 0 bridgehead atoms. The summed E-state index contributed by atoms with van der Waals surface area (Å²) in [7, 11) is 1.98. The fourth-order valence-corrected chi connectivity index (χ4v) is 4.77. The maximum atomic E-state index is 12.8. The minimum absolute atomic E-state index is 0.133. The van der Waals surface area contributed by atoms with Crippen LogP contribution in [0.2, 0.25) is 0 Å². The Hall–Kier alpha value is -1.66. The summed E-state index contributed by atoms with van der Waals surface area (Å²) in [6, 6.07) is 4.75. The number of carbonyl (C=O) groups excluding carboxylic acids is 1. The molecule has 1 fully saturated rings. The van der Waals surface area contributed by atoms with E-state index in [1.165, 1.54) is 16.1 Å². The van der Waals surface area contributed by atoms with E-state index in [2.05, 4.69) is 27.9 Å². The summed E-state index contributed by atoms with van der Waals surface area (Å²) in [6.07, 6.45) is 6.36. The molecule has 2 aromatic rings. The van der Waals surface area contributed by atoms with Crippen LogP contribution in [0.1, 0.15) is 45.9 Å². The van der Waals surface area contributed by atoms with Crippen LogP contribution in [0.3, 0.4) is 0 Å². The van der Waals surface area contributed by atoms with Crippen LogP contribution in [0.15, 0.2) is 17.5 Å². The lowest BCUT2D eigenvalue weighted by Gasteiger charge is -2.24. The lowest BCUT2D eigenvalue weighted by Crippen LogP contribution is -2.37. The van der Waals surface area contributed by atoms with E-state index >= 15 is 0 Å². The molecule has 1 aliphatic heterocycles. The molecule has 5 nitrogen and oxygen atoms in total. The summed E-state index contributed by atoms with van der Waals surface area (Å²) in [4.78, 5) is 16.2. The van der Waals surface area contributed by atoms with E-state index in [1.807, 2.05) is 28.0 Å². The third-order valence-electron chi connectivity index (χ3n) is 5.44. The molecule has 1 unspecified atom stereocenters. The number of nitrogens with one attached hydrogen (secondary N) is 1. The smallest absolute Gasteiger partial charge is 0.274 e. The summed E-state index contributed by atoms with van der Waals surface area (Å²) in [5.41, 5.74) is 3.13. The van der Waals surface area contributed by atoms with Gasteiger partial charge in [0, 0.05) is 48.9 Å². The molecule has 3 heterocycles. The van der Waals surface area contributed by atoms with Gasteiger partial charge < -0.3 is 10.2 Å². The summed E-state index contributed by atoms with van der Waals surface area (Å²) in [5.74, 6) is 0.133. The maximum Gasteiger partial charge on any atom is 0.274 e. The number of nitrogens with zero attached hydrogens (tertiary/aromatic N) is 3. The van der Waals surface area contributed by atoms with E-state index in [0.717, 1.165) is 58.2 Å². The zero-order valence-corrected chi connectivity index (χ0v) is 15.6. The Bertz CT molecular complexity index is 731. The third kappa shape index (κ3) is 3.51. The fraction of sp³-hybridized carbons (Fsp3) is 0.579. The molecule has 1 amide bonds. The Morgan fingerprint density at radius 3 is 3.00 bits per heavy atom. The van der Waals surface area contributed by atoms with Gasteiger partial charge in [0.1, 0.15) is 0 Å². The molecule has 0 saturated carbocycles. The quantitative estimate of drug-likeness (QED) is 0.893. The van der Waals surface area contributed by atoms with E-state index in [-0.39, 0.29) is 5.91 Å². The van der Waals surface area contributed by atoms with E-state index in [0.29, 0.717) is 11.7 Å². The molecule has 0 radical (unpaired) electrons. The molecule has 1 aliphatic carbocycles. The molecule has 6 heteroatoms. The van der Waals surface area contributed by atoms with E-state index in [9.17, 15) is 4.79 Å². The molecular formula is C19H26N4OS. The second kappa shape index (κ2) is 7.30. The van der Waals surface area contributed by atoms with Crippen LogP contribution in [0, 0.1) is 0 Å². The van der Waals surface area contributed by atoms with E-state index in [1.54, 1.807) is 0 Å². The lowest BCUT2D eigenvalue weighted by molar-refractivity contribution is 0.0785. The second-order valence-electron chi connectivity index (χ2n) is 7.12. The van der Waals surface area contributed by atoms with Crippen LogP contribution in [-0.2, 0) is 26.3 Å². The minimum atomic E-state index is 0.133. The molecule has 4 rings (SSSR count). The van der Waals surface area contributed by atoms with E-state index in [4.69, 9.17) is 0 Å². The molecule has 134 valence electrons. The maximum absolute atomic E-state index is 12.8. The van der Waals surface area contributed by atoms with Crippen LogP contribution in [-0.4, -0.2) is 46.3 Å². The molecule has 0 aromatic carbocycles. The number of carbonyl (C=O) groups is 1. The van der Waals surface area contributed by atoms with Crippen molar-refractivity contribution in [3.8, 4) is 0 Å². The first-order chi connectivity index (χ1) is 12.2. The second-order valence-corrected chi connectivity index (χ2v) is 8.15. The van der Waals surface area contributed by atoms with Crippen molar-refractivity contribution in [1.82, 2.24) is 20.0 Å². The molecule has 0 spiro atoms. The van der Waals surface area contributed by atoms with Gasteiger partial charge in [-0.15, -0.1) is 11.3 Å². The summed E-state index contributed by atoms with van der Waals surface area (Å²) >= 11 is 1.82. The molecule has 2 aromatic heterocycles. The van der Waals surface area contributed by atoms with Gasteiger partial charge in [0.2, 0.25) is 0 Å². The first-order valence-corrected chi connectivity index (χ1v) is 10.2. The average Bonchev–Trinajstić information content (AvgIpc) is 3.36. The number of aryl methyl sites for hydroxylation is 1. The number of hydrogen-bond acceptors (Lipinski definition) is 4. The molecular weight excluding hydrogens is 332 g/mol. The van der Waals surface area contributed by atoms with Gasteiger partial charge in [0.25, 0.3) is 5.91 Å². The van der Waals surface area contributed by atoms with Crippen molar-refractivity contribution in [3.05, 3.63) is 39.3 Å². The van der Waals surface area contributed by atoms with Gasteiger partial charge in [-0.05, 0) is 50.0 Å². The van der Waals surface area contributed by atoms with Crippen LogP contribution in [0.4, 0.5) is 0 Å². The first-order valence-electron chi connectivity index (χ1n) is 9.32. The Labute approximate surface area is 153 Å². The number of aromatic nitrogens is 2. The van der Waals surface area contributed by atoms with Crippen molar-refractivity contribution in [3.63, 3.8) is 0 Å². The summed E-state index contributed by atoms with van der Waals surface area (Å²) in [5, 5.41) is 10.4. The first kappa shape index (κ1) is 16.8. The highest BCUT2D eigenvalue weighted by Crippen LogP contribution is 2.26. The molecule has 25 heavy (non-hydrogen) atoms. The van der Waals surface area contributed by atoms with Gasteiger partial charge in [-0.25, -0.2) is 0 Å². The van der Waals surface area contributed by atoms with Crippen LogP contribution >= 0.6 is 11.3 Å². The monoisotopic (exact) mass is 358 g/mol. The number of fused-ring (bicyclic) bond motifs is 1. The number of amides is 1. The number of rotatable bonds is 5. The predicted molar refractivity (Wildman–Crippen MR) is 100 cm³/mol. The highest BCUT2D eigenvalue weighted by molar-refractivity contribution is 7.09. The average molecular weight is 359 g/mol. The number of hydrogen-bond donors (Lipinski definition) is 1. The van der Waals surface area contributed by atoms with Gasteiger partial charge in [-0.2, -0.15) is 5.10 Å². The highest BCUT2D eigenvalue weighted by Gasteiger charge is 2.31.